The van der Waals surface area contributed by atoms with Gasteiger partial charge in [-0.05, 0) is 68.1 Å². The van der Waals surface area contributed by atoms with Gasteiger partial charge in [-0.3, -0.25) is 9.59 Å². The lowest BCUT2D eigenvalue weighted by Gasteiger charge is -2.47. The SMILES string of the molecule is COc1ccc(C)c2c1[C@H]1CC(=O)[C@]3(C)C(=O)CC[C@H]3[C@@H]1CC2. The molecule has 3 heteroatoms. The van der Waals surface area contributed by atoms with Crippen LogP contribution < -0.4 is 4.74 Å². The number of carbonyl (C=O) groups is 2. The lowest BCUT2D eigenvalue weighted by atomic mass is 9.55. The zero-order valence-corrected chi connectivity index (χ0v) is 14.1. The fourth-order valence-corrected chi connectivity index (χ4v) is 5.59. The molecule has 0 bridgehead atoms. The molecule has 0 unspecified atom stereocenters. The molecule has 2 saturated carbocycles. The van der Waals surface area contributed by atoms with E-state index in [4.69, 9.17) is 4.74 Å². The van der Waals surface area contributed by atoms with Crippen LogP contribution in [0.4, 0.5) is 0 Å². The number of ether oxygens (including phenoxy) is 1. The van der Waals surface area contributed by atoms with E-state index in [1.807, 2.05) is 13.0 Å². The lowest BCUT2D eigenvalue weighted by Crippen LogP contribution is -2.49. The second kappa shape index (κ2) is 4.93. The summed E-state index contributed by atoms with van der Waals surface area (Å²) in [5.41, 5.74) is 3.20. The van der Waals surface area contributed by atoms with Gasteiger partial charge < -0.3 is 4.74 Å². The number of carbonyl (C=O) groups excluding carboxylic acids is 2. The van der Waals surface area contributed by atoms with Crippen molar-refractivity contribution in [3.8, 4) is 5.75 Å². The Balaban J connectivity index is 1.84. The Hall–Kier alpha value is -1.64. The van der Waals surface area contributed by atoms with E-state index < -0.39 is 5.41 Å². The molecule has 3 nitrogen and oxygen atoms in total. The van der Waals surface area contributed by atoms with Gasteiger partial charge in [0, 0.05) is 18.4 Å². The number of methoxy groups -OCH3 is 1. The predicted octanol–water partition coefficient (Wildman–Crippen LogP) is 3.61. The van der Waals surface area contributed by atoms with E-state index in [-0.39, 0.29) is 23.4 Å². The molecule has 23 heavy (non-hydrogen) atoms. The van der Waals surface area contributed by atoms with E-state index in [2.05, 4.69) is 13.0 Å². The van der Waals surface area contributed by atoms with Crippen molar-refractivity contribution in [1.82, 2.24) is 0 Å². The summed E-state index contributed by atoms with van der Waals surface area (Å²) in [5.74, 6) is 2.13. The average Bonchev–Trinajstić information content (AvgIpc) is 2.85. The standard InChI is InChI=1S/C20H24O3/c1-11-4-8-16(23-3)19-12(11)5-6-13-14(19)10-18(22)20(2)15(13)7-9-17(20)21/h4,8,13-15H,5-7,9-10H2,1-3H3/t13-,14+,15+,20+/m1/s1. The summed E-state index contributed by atoms with van der Waals surface area (Å²) < 4.78 is 5.63. The molecule has 122 valence electrons. The molecule has 0 saturated heterocycles. The van der Waals surface area contributed by atoms with Crippen LogP contribution in [0.2, 0.25) is 0 Å². The maximum absolute atomic E-state index is 12.9. The fraction of sp³-hybridized carbons (Fsp3) is 0.600. The van der Waals surface area contributed by atoms with Crippen LogP contribution in [-0.4, -0.2) is 18.7 Å². The number of Topliss-reactive ketones (excluding diaryl/α,β-unsaturated/α-hetero) is 2. The Morgan fingerprint density at radius 3 is 2.65 bits per heavy atom. The van der Waals surface area contributed by atoms with E-state index >= 15 is 0 Å². The second-order valence-electron chi connectivity index (χ2n) is 7.68. The van der Waals surface area contributed by atoms with Crippen molar-refractivity contribution in [1.29, 1.82) is 0 Å². The minimum absolute atomic E-state index is 0.155. The second-order valence-corrected chi connectivity index (χ2v) is 7.68. The Morgan fingerprint density at radius 1 is 1.13 bits per heavy atom. The zero-order valence-electron chi connectivity index (χ0n) is 14.1. The topological polar surface area (TPSA) is 43.4 Å². The summed E-state index contributed by atoms with van der Waals surface area (Å²) in [5, 5.41) is 0. The highest BCUT2D eigenvalue weighted by Crippen LogP contribution is 2.59. The van der Waals surface area contributed by atoms with Crippen LogP contribution in [-0.2, 0) is 16.0 Å². The minimum atomic E-state index is -0.713. The first-order valence-corrected chi connectivity index (χ1v) is 8.71. The molecule has 1 aromatic carbocycles. The van der Waals surface area contributed by atoms with Crippen LogP contribution in [0.15, 0.2) is 12.1 Å². The van der Waals surface area contributed by atoms with E-state index in [1.54, 1.807) is 7.11 Å². The van der Waals surface area contributed by atoms with Gasteiger partial charge in [0.05, 0.1) is 12.5 Å². The van der Waals surface area contributed by atoms with Crippen LogP contribution in [0.25, 0.3) is 0 Å². The molecule has 3 aliphatic rings. The van der Waals surface area contributed by atoms with Gasteiger partial charge in [0.15, 0.2) is 0 Å². The molecule has 0 N–H and O–H groups in total. The molecule has 4 rings (SSSR count). The van der Waals surface area contributed by atoms with Gasteiger partial charge in [0.2, 0.25) is 0 Å². The highest BCUT2D eigenvalue weighted by molar-refractivity contribution is 6.09. The smallest absolute Gasteiger partial charge is 0.147 e. The molecule has 4 atom stereocenters. The summed E-state index contributed by atoms with van der Waals surface area (Å²) in [6.07, 6.45) is 4.08. The molecule has 0 spiro atoms. The molecule has 0 aromatic heterocycles. The Kier molecular flexibility index (Phi) is 3.20. The van der Waals surface area contributed by atoms with Crippen molar-refractivity contribution < 1.29 is 14.3 Å². The normalized spacial score (nSPS) is 35.5. The summed E-state index contributed by atoms with van der Waals surface area (Å²) >= 11 is 0. The summed E-state index contributed by atoms with van der Waals surface area (Å²) in [6.45, 7) is 4.06. The van der Waals surface area contributed by atoms with Gasteiger partial charge in [-0.1, -0.05) is 6.07 Å². The van der Waals surface area contributed by atoms with Gasteiger partial charge in [-0.25, -0.2) is 0 Å². The Morgan fingerprint density at radius 2 is 1.91 bits per heavy atom. The van der Waals surface area contributed by atoms with Crippen molar-refractivity contribution in [3.05, 3.63) is 28.8 Å². The third-order valence-electron chi connectivity index (χ3n) is 6.89. The Labute approximate surface area is 137 Å². The summed E-state index contributed by atoms with van der Waals surface area (Å²) in [6, 6.07) is 4.15. The number of benzene rings is 1. The van der Waals surface area contributed by atoms with Crippen LogP contribution >= 0.6 is 0 Å². The van der Waals surface area contributed by atoms with Gasteiger partial charge in [-0.15, -0.1) is 0 Å². The van der Waals surface area contributed by atoms with E-state index in [0.717, 1.165) is 25.0 Å². The number of rotatable bonds is 1. The fourth-order valence-electron chi connectivity index (χ4n) is 5.59. The number of hydrogen-bond acceptors (Lipinski definition) is 3. The van der Waals surface area contributed by atoms with Crippen LogP contribution in [0, 0.1) is 24.2 Å². The van der Waals surface area contributed by atoms with Crippen molar-refractivity contribution in [2.75, 3.05) is 7.11 Å². The van der Waals surface area contributed by atoms with E-state index in [9.17, 15) is 9.59 Å². The molecule has 0 amide bonds. The predicted molar refractivity (Wildman–Crippen MR) is 87.7 cm³/mol. The van der Waals surface area contributed by atoms with E-state index in [1.165, 1.54) is 16.7 Å². The molecular formula is C20H24O3. The van der Waals surface area contributed by atoms with Crippen LogP contribution in [0.3, 0.4) is 0 Å². The third-order valence-corrected chi connectivity index (χ3v) is 6.89. The molecule has 2 fully saturated rings. The Bertz CT molecular complexity index is 705. The van der Waals surface area contributed by atoms with Gasteiger partial charge in [-0.2, -0.15) is 0 Å². The van der Waals surface area contributed by atoms with Crippen LogP contribution in [0.1, 0.15) is 55.2 Å². The first-order chi connectivity index (χ1) is 11.0. The number of ketones is 2. The maximum atomic E-state index is 12.9. The highest BCUT2D eigenvalue weighted by atomic mass is 16.5. The average molecular weight is 312 g/mol. The highest BCUT2D eigenvalue weighted by Gasteiger charge is 2.59. The maximum Gasteiger partial charge on any atom is 0.147 e. The zero-order chi connectivity index (χ0) is 16.4. The number of fused-ring (bicyclic) bond motifs is 5. The minimum Gasteiger partial charge on any atom is -0.496 e. The van der Waals surface area contributed by atoms with Crippen molar-refractivity contribution in [3.63, 3.8) is 0 Å². The largest absolute Gasteiger partial charge is 0.496 e. The third kappa shape index (κ3) is 1.82. The van der Waals surface area contributed by atoms with Crippen LogP contribution in [0.5, 0.6) is 5.75 Å². The molecule has 0 aliphatic heterocycles. The first-order valence-electron chi connectivity index (χ1n) is 8.71. The van der Waals surface area contributed by atoms with Crippen molar-refractivity contribution in [2.24, 2.45) is 17.3 Å². The molecular weight excluding hydrogens is 288 g/mol. The van der Waals surface area contributed by atoms with Gasteiger partial charge in [0.25, 0.3) is 0 Å². The van der Waals surface area contributed by atoms with Gasteiger partial charge in [0.1, 0.15) is 17.3 Å². The molecule has 0 heterocycles. The van der Waals surface area contributed by atoms with Crippen molar-refractivity contribution in [2.45, 2.75) is 51.9 Å². The number of aryl methyl sites for hydroxylation is 1. The molecule has 1 aromatic rings. The molecule has 3 aliphatic carbocycles. The first kappa shape index (κ1) is 14.9. The van der Waals surface area contributed by atoms with Gasteiger partial charge >= 0.3 is 0 Å². The summed E-state index contributed by atoms with van der Waals surface area (Å²) in [7, 11) is 1.71. The van der Waals surface area contributed by atoms with E-state index in [0.29, 0.717) is 18.8 Å². The van der Waals surface area contributed by atoms with Crippen molar-refractivity contribution >= 4 is 11.6 Å². The summed E-state index contributed by atoms with van der Waals surface area (Å²) in [4.78, 5) is 25.3. The lowest BCUT2D eigenvalue weighted by molar-refractivity contribution is -0.145. The quantitative estimate of drug-likeness (QED) is 0.744. The monoisotopic (exact) mass is 312 g/mol. The number of hydrogen-bond donors (Lipinski definition) is 0. The molecule has 0 radical (unpaired) electrons.